The van der Waals surface area contributed by atoms with Crippen LogP contribution in [0, 0.1) is 26.6 Å². The Labute approximate surface area is 156 Å². The molecule has 1 aromatic heterocycles. The molecule has 0 unspecified atom stereocenters. The van der Waals surface area contributed by atoms with E-state index in [-0.39, 0.29) is 5.91 Å². The lowest BCUT2D eigenvalue weighted by atomic mass is 10.1. The zero-order chi connectivity index (χ0) is 18.8. The highest BCUT2D eigenvalue weighted by atomic mass is 35.5. The molecule has 0 saturated carbocycles. The molecular weight excluding hydrogens is 353 g/mol. The number of aromatic nitrogens is 2. The number of hydrogen-bond donors (Lipinski definition) is 1. The smallest absolute Gasteiger partial charge is 0.259 e. The summed E-state index contributed by atoms with van der Waals surface area (Å²) in [7, 11) is 0. The Kier molecular flexibility index (Phi) is 5.09. The van der Waals surface area contributed by atoms with Crippen molar-refractivity contribution in [3.8, 4) is 0 Å². The molecule has 1 N–H and O–H groups in total. The van der Waals surface area contributed by atoms with E-state index in [9.17, 15) is 9.18 Å². The molecule has 1 heterocycles. The highest BCUT2D eigenvalue weighted by Gasteiger charge is 2.20. The van der Waals surface area contributed by atoms with Gasteiger partial charge in [0.2, 0.25) is 0 Å². The maximum atomic E-state index is 13.5. The van der Waals surface area contributed by atoms with Crippen LogP contribution < -0.4 is 5.32 Å². The summed E-state index contributed by atoms with van der Waals surface area (Å²) in [5.41, 5.74) is 4.00. The Bertz CT molecular complexity index is 981. The van der Waals surface area contributed by atoms with Crippen molar-refractivity contribution in [1.82, 2.24) is 9.78 Å². The average molecular weight is 372 g/mol. The van der Waals surface area contributed by atoms with Crippen LogP contribution in [0.3, 0.4) is 0 Å². The molecule has 26 heavy (non-hydrogen) atoms. The number of amides is 1. The molecule has 4 nitrogen and oxygen atoms in total. The van der Waals surface area contributed by atoms with Gasteiger partial charge in [0.05, 0.1) is 17.8 Å². The number of benzene rings is 2. The number of halogens is 2. The van der Waals surface area contributed by atoms with E-state index in [1.165, 1.54) is 12.1 Å². The van der Waals surface area contributed by atoms with Gasteiger partial charge in [-0.15, -0.1) is 0 Å². The van der Waals surface area contributed by atoms with Crippen LogP contribution in [0.15, 0.2) is 42.5 Å². The van der Waals surface area contributed by atoms with Crippen molar-refractivity contribution in [3.05, 3.63) is 81.4 Å². The number of nitrogens with one attached hydrogen (secondary N) is 1. The van der Waals surface area contributed by atoms with E-state index in [1.54, 1.807) is 17.7 Å². The molecule has 3 aromatic rings. The Morgan fingerprint density at radius 3 is 2.65 bits per heavy atom. The molecule has 0 saturated heterocycles. The lowest BCUT2D eigenvalue weighted by molar-refractivity contribution is 0.102. The molecule has 0 bridgehead atoms. The Balaban J connectivity index is 1.89. The standard InChI is InChI=1S/C20H19ClFN3O/c1-12-8-9-16(22)10-18(12)23-20(26)19-13(2)24-25(14(19)3)11-15-6-4-5-7-17(15)21/h4-10H,11H2,1-3H3,(H,23,26). The number of carbonyl (C=O) groups is 1. The highest BCUT2D eigenvalue weighted by Crippen LogP contribution is 2.22. The van der Waals surface area contributed by atoms with Crippen LogP contribution in [0.4, 0.5) is 10.1 Å². The highest BCUT2D eigenvalue weighted by molar-refractivity contribution is 6.31. The maximum Gasteiger partial charge on any atom is 0.259 e. The van der Waals surface area contributed by atoms with Gasteiger partial charge in [-0.3, -0.25) is 9.48 Å². The Hall–Kier alpha value is -2.66. The number of anilines is 1. The summed E-state index contributed by atoms with van der Waals surface area (Å²) < 4.78 is 15.2. The van der Waals surface area contributed by atoms with Crippen molar-refractivity contribution in [3.63, 3.8) is 0 Å². The fourth-order valence-electron chi connectivity index (χ4n) is 2.88. The molecule has 1 amide bonds. The monoisotopic (exact) mass is 371 g/mol. The third-order valence-electron chi connectivity index (χ3n) is 4.33. The van der Waals surface area contributed by atoms with Gasteiger partial charge in [0.1, 0.15) is 5.82 Å². The van der Waals surface area contributed by atoms with Crippen LogP contribution in [-0.2, 0) is 6.54 Å². The van der Waals surface area contributed by atoms with E-state index >= 15 is 0 Å². The summed E-state index contributed by atoms with van der Waals surface area (Å²) >= 11 is 6.22. The second-order valence-corrected chi connectivity index (χ2v) is 6.62. The largest absolute Gasteiger partial charge is 0.322 e. The van der Waals surface area contributed by atoms with Crippen LogP contribution in [0.5, 0.6) is 0 Å². The molecular formula is C20H19ClFN3O. The van der Waals surface area contributed by atoms with Gasteiger partial charge in [-0.1, -0.05) is 35.9 Å². The zero-order valence-electron chi connectivity index (χ0n) is 14.8. The number of aryl methyl sites for hydroxylation is 2. The SMILES string of the molecule is Cc1ccc(F)cc1NC(=O)c1c(C)nn(Cc2ccccc2Cl)c1C. The molecule has 0 aliphatic rings. The number of hydrogen-bond acceptors (Lipinski definition) is 2. The van der Waals surface area contributed by atoms with Gasteiger partial charge in [0.15, 0.2) is 0 Å². The minimum absolute atomic E-state index is 0.306. The molecule has 6 heteroatoms. The first kappa shape index (κ1) is 18.1. The van der Waals surface area contributed by atoms with Gasteiger partial charge >= 0.3 is 0 Å². The van der Waals surface area contributed by atoms with E-state index in [0.717, 1.165) is 16.8 Å². The topological polar surface area (TPSA) is 46.9 Å². The van der Waals surface area contributed by atoms with Crippen LogP contribution in [-0.4, -0.2) is 15.7 Å². The minimum Gasteiger partial charge on any atom is -0.322 e. The zero-order valence-corrected chi connectivity index (χ0v) is 15.6. The van der Waals surface area contributed by atoms with Crippen LogP contribution in [0.1, 0.15) is 32.9 Å². The first-order valence-electron chi connectivity index (χ1n) is 8.21. The molecule has 3 rings (SSSR count). The molecule has 0 aliphatic carbocycles. The summed E-state index contributed by atoms with van der Waals surface area (Å²) in [6, 6.07) is 11.8. The maximum absolute atomic E-state index is 13.5. The summed E-state index contributed by atoms with van der Waals surface area (Å²) in [6.45, 7) is 5.90. The van der Waals surface area contributed by atoms with Gasteiger partial charge < -0.3 is 5.32 Å². The summed E-state index contributed by atoms with van der Waals surface area (Å²) in [5, 5.41) is 7.91. The fourth-order valence-corrected chi connectivity index (χ4v) is 3.08. The van der Waals surface area contributed by atoms with Gasteiger partial charge in [0.25, 0.3) is 5.91 Å². The van der Waals surface area contributed by atoms with Crippen LogP contribution in [0.25, 0.3) is 0 Å². The van der Waals surface area contributed by atoms with E-state index in [2.05, 4.69) is 10.4 Å². The third-order valence-corrected chi connectivity index (χ3v) is 4.70. The molecule has 0 fully saturated rings. The van der Waals surface area contributed by atoms with Crippen LogP contribution >= 0.6 is 11.6 Å². The molecule has 0 spiro atoms. The molecule has 2 aromatic carbocycles. The quantitative estimate of drug-likeness (QED) is 0.708. The molecule has 0 atom stereocenters. The van der Waals surface area contributed by atoms with Gasteiger partial charge in [-0.05, 0) is 50.1 Å². The minimum atomic E-state index is -0.395. The van der Waals surface area contributed by atoms with E-state index in [0.29, 0.717) is 28.5 Å². The van der Waals surface area contributed by atoms with E-state index in [1.807, 2.05) is 38.1 Å². The molecule has 0 radical (unpaired) electrons. The van der Waals surface area contributed by atoms with Crippen molar-refractivity contribution < 1.29 is 9.18 Å². The van der Waals surface area contributed by atoms with Crippen LogP contribution in [0.2, 0.25) is 5.02 Å². The lowest BCUT2D eigenvalue weighted by Crippen LogP contribution is -2.15. The van der Waals surface area contributed by atoms with Gasteiger partial charge in [0, 0.05) is 16.4 Å². The average Bonchev–Trinajstić information content (AvgIpc) is 2.87. The van der Waals surface area contributed by atoms with E-state index in [4.69, 9.17) is 11.6 Å². The summed E-state index contributed by atoms with van der Waals surface area (Å²) in [6.07, 6.45) is 0. The molecule has 0 aliphatic heterocycles. The number of rotatable bonds is 4. The van der Waals surface area contributed by atoms with Crippen molar-refractivity contribution in [2.45, 2.75) is 27.3 Å². The second kappa shape index (κ2) is 7.30. The first-order chi connectivity index (χ1) is 12.4. The van der Waals surface area contributed by atoms with Crippen molar-refractivity contribution >= 4 is 23.2 Å². The van der Waals surface area contributed by atoms with Gasteiger partial charge in [-0.2, -0.15) is 5.10 Å². The third kappa shape index (κ3) is 3.63. The normalized spacial score (nSPS) is 10.8. The predicted molar refractivity (Wildman–Crippen MR) is 101 cm³/mol. The molecule has 134 valence electrons. The summed E-state index contributed by atoms with van der Waals surface area (Å²) in [4.78, 5) is 12.7. The summed E-state index contributed by atoms with van der Waals surface area (Å²) in [5.74, 6) is -0.701. The van der Waals surface area contributed by atoms with Crippen molar-refractivity contribution in [2.24, 2.45) is 0 Å². The number of carbonyl (C=O) groups excluding carboxylic acids is 1. The lowest BCUT2D eigenvalue weighted by Gasteiger charge is -2.10. The van der Waals surface area contributed by atoms with Crippen molar-refractivity contribution in [1.29, 1.82) is 0 Å². The Morgan fingerprint density at radius 1 is 1.19 bits per heavy atom. The van der Waals surface area contributed by atoms with Gasteiger partial charge in [-0.25, -0.2) is 4.39 Å². The second-order valence-electron chi connectivity index (χ2n) is 6.21. The first-order valence-corrected chi connectivity index (χ1v) is 8.59. The fraction of sp³-hybridized carbons (Fsp3) is 0.200. The van der Waals surface area contributed by atoms with Crippen molar-refractivity contribution in [2.75, 3.05) is 5.32 Å². The predicted octanol–water partition coefficient (Wildman–Crippen LogP) is 4.90. The Morgan fingerprint density at radius 2 is 1.92 bits per heavy atom. The van der Waals surface area contributed by atoms with E-state index < -0.39 is 5.82 Å². The number of nitrogens with zero attached hydrogens (tertiary/aromatic N) is 2.